The van der Waals surface area contributed by atoms with E-state index < -0.39 is 0 Å². The van der Waals surface area contributed by atoms with Gasteiger partial charge < -0.3 is 9.64 Å². The summed E-state index contributed by atoms with van der Waals surface area (Å²) in [5, 5.41) is 0. The van der Waals surface area contributed by atoms with Crippen molar-refractivity contribution in [2.24, 2.45) is 0 Å². The fraction of sp³-hybridized carbons (Fsp3) is 0.333. The van der Waals surface area contributed by atoms with E-state index in [2.05, 4.69) is 36.1 Å². The quantitative estimate of drug-likeness (QED) is 0.662. The highest BCUT2D eigenvalue weighted by Gasteiger charge is 2.22. The summed E-state index contributed by atoms with van der Waals surface area (Å²) in [5.41, 5.74) is 2.37. The summed E-state index contributed by atoms with van der Waals surface area (Å²) >= 11 is 0. The Bertz CT molecular complexity index is 534. The first-order valence-electron chi connectivity index (χ1n) is 7.53. The molecule has 1 aliphatic rings. The zero-order valence-electron chi connectivity index (χ0n) is 12.0. The molecule has 3 rings (SSSR count). The second kappa shape index (κ2) is 6.00. The summed E-state index contributed by atoms with van der Waals surface area (Å²) in [5.74, 6) is 1.92. The van der Waals surface area contributed by atoms with Crippen LogP contribution in [0.25, 0.3) is 0 Å². The smallest absolute Gasteiger partial charge is 0.151 e. The Morgan fingerprint density at radius 2 is 1.40 bits per heavy atom. The number of para-hydroxylation sites is 4. The number of unbranched alkanes of at least 4 members (excludes halogenated alkanes) is 3. The van der Waals surface area contributed by atoms with E-state index in [1.165, 1.54) is 37.1 Å². The van der Waals surface area contributed by atoms with Gasteiger partial charge in [0.05, 0.1) is 11.4 Å². The van der Waals surface area contributed by atoms with Gasteiger partial charge in [0.2, 0.25) is 0 Å². The summed E-state index contributed by atoms with van der Waals surface area (Å²) in [6.45, 7) is 3.30. The summed E-state index contributed by atoms with van der Waals surface area (Å²) in [4.78, 5) is 2.39. The number of hydrogen-bond acceptors (Lipinski definition) is 2. The van der Waals surface area contributed by atoms with Crippen molar-refractivity contribution in [1.82, 2.24) is 0 Å². The van der Waals surface area contributed by atoms with Crippen LogP contribution >= 0.6 is 0 Å². The number of anilines is 2. The van der Waals surface area contributed by atoms with Crippen molar-refractivity contribution in [2.45, 2.75) is 32.6 Å². The Morgan fingerprint density at radius 3 is 2.00 bits per heavy atom. The zero-order chi connectivity index (χ0) is 13.8. The van der Waals surface area contributed by atoms with Crippen molar-refractivity contribution in [3.63, 3.8) is 0 Å². The minimum Gasteiger partial charge on any atom is -0.453 e. The molecule has 1 aliphatic heterocycles. The number of ether oxygens (including phenoxy) is 1. The van der Waals surface area contributed by atoms with Gasteiger partial charge in [0.25, 0.3) is 0 Å². The summed E-state index contributed by atoms with van der Waals surface area (Å²) in [7, 11) is 0. The topological polar surface area (TPSA) is 12.5 Å². The van der Waals surface area contributed by atoms with E-state index in [0.717, 1.165) is 18.0 Å². The van der Waals surface area contributed by atoms with Gasteiger partial charge in [-0.25, -0.2) is 0 Å². The van der Waals surface area contributed by atoms with Crippen LogP contribution in [0.4, 0.5) is 11.4 Å². The molecule has 1 heterocycles. The van der Waals surface area contributed by atoms with Gasteiger partial charge in [-0.3, -0.25) is 0 Å². The van der Waals surface area contributed by atoms with Crippen molar-refractivity contribution in [2.75, 3.05) is 11.4 Å². The average molecular weight is 267 g/mol. The minimum absolute atomic E-state index is 0.960. The lowest BCUT2D eigenvalue weighted by Crippen LogP contribution is -2.22. The van der Waals surface area contributed by atoms with Gasteiger partial charge >= 0.3 is 0 Å². The molecule has 0 unspecified atom stereocenters. The third-order valence-electron chi connectivity index (χ3n) is 3.77. The second-order valence-corrected chi connectivity index (χ2v) is 5.25. The molecule has 0 atom stereocenters. The average Bonchev–Trinajstić information content (AvgIpc) is 2.50. The summed E-state index contributed by atoms with van der Waals surface area (Å²) in [6.07, 6.45) is 5.10. The van der Waals surface area contributed by atoms with Crippen LogP contribution in [0, 0.1) is 0 Å². The van der Waals surface area contributed by atoms with Crippen molar-refractivity contribution in [3.8, 4) is 11.5 Å². The predicted molar refractivity (Wildman–Crippen MR) is 84.1 cm³/mol. The molecule has 2 aromatic rings. The third kappa shape index (κ3) is 2.51. The van der Waals surface area contributed by atoms with E-state index >= 15 is 0 Å². The highest BCUT2D eigenvalue weighted by Crippen LogP contribution is 2.46. The van der Waals surface area contributed by atoms with Crippen LogP contribution in [0.2, 0.25) is 0 Å². The van der Waals surface area contributed by atoms with Crippen LogP contribution in [0.1, 0.15) is 32.6 Å². The molecule has 0 amide bonds. The summed E-state index contributed by atoms with van der Waals surface area (Å²) in [6, 6.07) is 16.6. The lowest BCUT2D eigenvalue weighted by molar-refractivity contribution is 0.472. The maximum atomic E-state index is 5.99. The van der Waals surface area contributed by atoms with E-state index in [1.807, 2.05) is 24.3 Å². The minimum atomic E-state index is 0.960. The lowest BCUT2D eigenvalue weighted by atomic mass is 10.1. The van der Waals surface area contributed by atoms with Gasteiger partial charge in [-0.2, -0.15) is 0 Å². The maximum Gasteiger partial charge on any atom is 0.151 e. The molecule has 2 nitrogen and oxygen atoms in total. The first-order valence-corrected chi connectivity index (χ1v) is 7.53. The number of hydrogen-bond donors (Lipinski definition) is 0. The van der Waals surface area contributed by atoms with Gasteiger partial charge in [-0.05, 0) is 30.7 Å². The number of nitrogens with zero attached hydrogens (tertiary/aromatic N) is 1. The van der Waals surface area contributed by atoms with Crippen molar-refractivity contribution in [1.29, 1.82) is 0 Å². The lowest BCUT2D eigenvalue weighted by Gasteiger charge is -2.32. The fourth-order valence-corrected chi connectivity index (χ4v) is 2.72. The molecule has 0 radical (unpaired) electrons. The first kappa shape index (κ1) is 13.0. The molecule has 0 aliphatic carbocycles. The van der Waals surface area contributed by atoms with Crippen LogP contribution in [0.15, 0.2) is 48.5 Å². The Kier molecular flexibility index (Phi) is 3.91. The molecule has 0 spiro atoms. The van der Waals surface area contributed by atoms with Crippen molar-refractivity contribution in [3.05, 3.63) is 48.5 Å². The van der Waals surface area contributed by atoms with Crippen molar-refractivity contribution >= 4 is 11.4 Å². The molecule has 0 bridgehead atoms. The molecule has 0 N–H and O–H groups in total. The first-order chi connectivity index (χ1) is 9.90. The predicted octanol–water partition coefficient (Wildman–Crippen LogP) is 5.51. The molecule has 0 saturated heterocycles. The standard InChI is InChI=1S/C18H21NO/c1-2-3-4-9-14-19-15-10-5-7-12-17(15)20-18-13-8-6-11-16(18)19/h5-8,10-13H,2-4,9,14H2,1H3. The Hall–Kier alpha value is -1.96. The van der Waals surface area contributed by atoms with Crippen LogP contribution in [-0.2, 0) is 0 Å². The van der Waals surface area contributed by atoms with Crippen LogP contribution in [0.5, 0.6) is 11.5 Å². The van der Waals surface area contributed by atoms with E-state index in [4.69, 9.17) is 4.74 Å². The Balaban J connectivity index is 1.87. The van der Waals surface area contributed by atoms with Gasteiger partial charge in [0, 0.05) is 6.54 Å². The van der Waals surface area contributed by atoms with E-state index in [0.29, 0.717) is 0 Å². The van der Waals surface area contributed by atoms with Gasteiger partial charge in [0.1, 0.15) is 0 Å². The highest BCUT2D eigenvalue weighted by atomic mass is 16.5. The van der Waals surface area contributed by atoms with Crippen LogP contribution in [-0.4, -0.2) is 6.54 Å². The van der Waals surface area contributed by atoms with Gasteiger partial charge in [-0.1, -0.05) is 50.5 Å². The number of benzene rings is 2. The van der Waals surface area contributed by atoms with Crippen molar-refractivity contribution < 1.29 is 4.74 Å². The highest BCUT2D eigenvalue weighted by molar-refractivity contribution is 5.77. The number of rotatable bonds is 5. The maximum absolute atomic E-state index is 5.99. The molecule has 104 valence electrons. The van der Waals surface area contributed by atoms with E-state index in [1.54, 1.807) is 0 Å². The number of fused-ring (bicyclic) bond motifs is 2. The van der Waals surface area contributed by atoms with Gasteiger partial charge in [0.15, 0.2) is 11.5 Å². The van der Waals surface area contributed by atoms with Crippen LogP contribution < -0.4 is 9.64 Å². The van der Waals surface area contributed by atoms with Gasteiger partial charge in [-0.15, -0.1) is 0 Å². The molecule has 0 saturated carbocycles. The SMILES string of the molecule is CCCCCCN1c2ccccc2Oc2ccccc21. The van der Waals surface area contributed by atoms with Crippen LogP contribution in [0.3, 0.4) is 0 Å². The van der Waals surface area contributed by atoms with E-state index in [9.17, 15) is 0 Å². The Labute approximate surface area is 121 Å². The Morgan fingerprint density at radius 1 is 0.800 bits per heavy atom. The molecule has 20 heavy (non-hydrogen) atoms. The monoisotopic (exact) mass is 267 g/mol. The molecule has 0 fully saturated rings. The molecular weight excluding hydrogens is 246 g/mol. The molecule has 0 aromatic heterocycles. The molecule has 2 heteroatoms. The normalized spacial score (nSPS) is 12.6. The molecule has 2 aromatic carbocycles. The molecular formula is C18H21NO. The van der Waals surface area contributed by atoms with E-state index in [-0.39, 0.29) is 0 Å². The third-order valence-corrected chi connectivity index (χ3v) is 3.77. The zero-order valence-corrected chi connectivity index (χ0v) is 12.0. The second-order valence-electron chi connectivity index (χ2n) is 5.25. The fourth-order valence-electron chi connectivity index (χ4n) is 2.72. The summed E-state index contributed by atoms with van der Waals surface area (Å²) < 4.78 is 5.99. The largest absolute Gasteiger partial charge is 0.453 e.